The number of amides is 1. The largest absolute Gasteiger partial charge is 0.433 e. The maximum absolute atomic E-state index is 14.1. The van der Waals surface area contributed by atoms with Gasteiger partial charge in [-0.05, 0) is 67.6 Å². The molecular formula is C24H20F4N4O2. The van der Waals surface area contributed by atoms with E-state index >= 15 is 0 Å². The van der Waals surface area contributed by atoms with Crippen molar-refractivity contribution in [2.24, 2.45) is 0 Å². The van der Waals surface area contributed by atoms with Crippen molar-refractivity contribution in [1.29, 1.82) is 0 Å². The highest BCUT2D eigenvalue weighted by molar-refractivity contribution is 6.12. The second-order valence-corrected chi connectivity index (χ2v) is 8.39. The zero-order chi connectivity index (χ0) is 24.0. The Bertz CT molecular complexity index is 1340. The molecule has 4 heterocycles. The van der Waals surface area contributed by atoms with E-state index in [1.807, 2.05) is 0 Å². The molecule has 0 atom stereocenters. The molecule has 0 saturated heterocycles. The Morgan fingerprint density at radius 1 is 0.882 bits per heavy atom. The normalized spacial score (nSPS) is 16.2. The number of aryl methyl sites for hydroxylation is 2. The lowest BCUT2D eigenvalue weighted by Gasteiger charge is -2.39. The van der Waals surface area contributed by atoms with E-state index in [4.69, 9.17) is 0 Å². The summed E-state index contributed by atoms with van der Waals surface area (Å²) in [6.07, 6.45) is -1.42. The molecule has 6 nitrogen and oxygen atoms in total. The van der Waals surface area contributed by atoms with Crippen LogP contribution in [0.2, 0.25) is 0 Å². The lowest BCUT2D eigenvalue weighted by atomic mass is 10.00. The number of hydrogen-bond acceptors (Lipinski definition) is 4. The highest BCUT2D eigenvalue weighted by Crippen LogP contribution is 2.39. The predicted octanol–water partition coefficient (Wildman–Crippen LogP) is 4.95. The number of rotatable bonds is 0. The minimum Gasteiger partial charge on any atom is -0.324 e. The minimum absolute atomic E-state index is 0.0104. The van der Waals surface area contributed by atoms with Crippen molar-refractivity contribution in [3.8, 4) is 0 Å². The number of carbonyl (C=O) groups excluding carboxylic acids is 1. The van der Waals surface area contributed by atoms with Gasteiger partial charge in [-0.1, -0.05) is 6.42 Å². The SMILES string of the molecule is O=C1c2ccc(C(F)(F)F)nc2N2CN1c1ccc(=O)[nH]c1CCCCCc1cc(F)ccc12. The number of aromatic nitrogens is 2. The average molecular weight is 472 g/mol. The van der Waals surface area contributed by atoms with Gasteiger partial charge in [0.25, 0.3) is 5.91 Å². The van der Waals surface area contributed by atoms with Gasteiger partial charge in [0.2, 0.25) is 5.56 Å². The number of fused-ring (bicyclic) bond motifs is 8. The van der Waals surface area contributed by atoms with Gasteiger partial charge in [-0.15, -0.1) is 0 Å². The van der Waals surface area contributed by atoms with Crippen LogP contribution in [0, 0.1) is 5.82 Å². The number of alkyl halides is 3. The number of nitrogens with zero attached hydrogens (tertiary/aromatic N) is 3. The van der Waals surface area contributed by atoms with Crippen LogP contribution in [-0.4, -0.2) is 22.5 Å². The Kier molecular flexibility index (Phi) is 5.38. The maximum Gasteiger partial charge on any atom is 0.433 e. The van der Waals surface area contributed by atoms with Crippen LogP contribution in [0.4, 0.5) is 34.8 Å². The molecule has 10 heteroatoms. The van der Waals surface area contributed by atoms with E-state index in [1.54, 1.807) is 6.07 Å². The van der Waals surface area contributed by atoms with Crippen molar-refractivity contribution in [2.75, 3.05) is 16.5 Å². The number of nitrogens with one attached hydrogen (secondary N) is 1. The number of H-pyrrole nitrogens is 1. The van der Waals surface area contributed by atoms with Crippen molar-refractivity contribution >= 4 is 23.1 Å². The molecule has 0 aliphatic carbocycles. The van der Waals surface area contributed by atoms with Gasteiger partial charge in [0.05, 0.1) is 11.3 Å². The van der Waals surface area contributed by atoms with E-state index in [9.17, 15) is 27.2 Å². The van der Waals surface area contributed by atoms with Crippen molar-refractivity contribution in [2.45, 2.75) is 38.3 Å². The lowest BCUT2D eigenvalue weighted by molar-refractivity contribution is -0.141. The predicted molar refractivity (Wildman–Crippen MR) is 118 cm³/mol. The molecule has 2 bridgehead atoms. The quantitative estimate of drug-likeness (QED) is 0.470. The van der Waals surface area contributed by atoms with Crippen LogP contribution < -0.4 is 15.4 Å². The van der Waals surface area contributed by atoms with E-state index in [0.29, 0.717) is 35.5 Å². The summed E-state index contributed by atoms with van der Waals surface area (Å²) in [7, 11) is 0. The molecule has 1 aromatic carbocycles. The molecule has 1 N–H and O–H groups in total. The fourth-order valence-corrected chi connectivity index (χ4v) is 4.54. The molecule has 0 fully saturated rings. The molecule has 2 aliphatic rings. The van der Waals surface area contributed by atoms with Crippen molar-refractivity contribution in [3.05, 3.63) is 81.2 Å². The fourth-order valence-electron chi connectivity index (χ4n) is 4.54. The monoisotopic (exact) mass is 472 g/mol. The van der Waals surface area contributed by atoms with Gasteiger partial charge >= 0.3 is 6.18 Å². The summed E-state index contributed by atoms with van der Waals surface area (Å²) in [5, 5.41) is 0. The Hall–Kier alpha value is -3.69. The third kappa shape index (κ3) is 3.93. The van der Waals surface area contributed by atoms with Crippen LogP contribution in [0.25, 0.3) is 0 Å². The minimum atomic E-state index is -4.70. The zero-order valence-electron chi connectivity index (χ0n) is 18.0. The summed E-state index contributed by atoms with van der Waals surface area (Å²) in [5.41, 5.74) is 0.745. The number of aromatic amines is 1. The first-order chi connectivity index (χ1) is 16.2. The van der Waals surface area contributed by atoms with Crippen molar-refractivity contribution < 1.29 is 22.4 Å². The van der Waals surface area contributed by atoms with Gasteiger partial charge in [0.15, 0.2) is 0 Å². The van der Waals surface area contributed by atoms with Crippen LogP contribution in [0.1, 0.15) is 46.6 Å². The summed E-state index contributed by atoms with van der Waals surface area (Å²) in [6, 6.07) is 8.87. The second kappa shape index (κ2) is 8.27. The molecule has 2 aromatic heterocycles. The Balaban J connectivity index is 1.75. The number of benzene rings is 1. The Labute approximate surface area is 191 Å². The van der Waals surface area contributed by atoms with E-state index in [0.717, 1.165) is 31.4 Å². The first-order valence-electron chi connectivity index (χ1n) is 10.9. The van der Waals surface area contributed by atoms with Crippen molar-refractivity contribution in [3.63, 3.8) is 0 Å². The van der Waals surface area contributed by atoms with Crippen LogP contribution in [0.3, 0.4) is 0 Å². The molecule has 0 spiro atoms. The van der Waals surface area contributed by atoms with E-state index in [1.165, 1.54) is 34.1 Å². The maximum atomic E-state index is 14.1. The van der Waals surface area contributed by atoms with Crippen LogP contribution in [0.15, 0.2) is 47.3 Å². The standard InChI is InChI=1S/C24H20F4N4O2/c25-15-6-8-18-14(12-15)4-2-1-3-5-17-19(9-11-21(33)29-17)32-13-31(18)22-16(23(32)34)7-10-20(30-22)24(26,27)28/h6-12H,1-5,13H2,(H,29,33). The first-order valence-corrected chi connectivity index (χ1v) is 10.9. The highest BCUT2D eigenvalue weighted by Gasteiger charge is 2.38. The van der Waals surface area contributed by atoms with Crippen LogP contribution >= 0.6 is 0 Å². The van der Waals surface area contributed by atoms with E-state index < -0.39 is 23.6 Å². The third-order valence-electron chi connectivity index (χ3n) is 6.15. The highest BCUT2D eigenvalue weighted by atomic mass is 19.4. The lowest BCUT2D eigenvalue weighted by Crippen LogP contribution is -2.46. The smallest absolute Gasteiger partial charge is 0.324 e. The van der Waals surface area contributed by atoms with Gasteiger partial charge in [-0.3, -0.25) is 14.5 Å². The van der Waals surface area contributed by atoms with Crippen molar-refractivity contribution in [1.82, 2.24) is 9.97 Å². The molecule has 0 unspecified atom stereocenters. The summed E-state index contributed by atoms with van der Waals surface area (Å²) < 4.78 is 54.5. The molecule has 0 radical (unpaired) electrons. The van der Waals surface area contributed by atoms with Gasteiger partial charge in [0, 0.05) is 17.4 Å². The molecule has 0 saturated carbocycles. The van der Waals surface area contributed by atoms with Gasteiger partial charge in [0.1, 0.15) is 24.0 Å². The van der Waals surface area contributed by atoms with Crippen LogP contribution in [0.5, 0.6) is 0 Å². The topological polar surface area (TPSA) is 69.3 Å². The number of hydrogen-bond donors (Lipinski definition) is 1. The van der Waals surface area contributed by atoms with Gasteiger partial charge in [-0.25, -0.2) is 9.37 Å². The summed E-state index contributed by atoms with van der Waals surface area (Å²) in [4.78, 5) is 35.0. The zero-order valence-corrected chi connectivity index (χ0v) is 18.0. The Morgan fingerprint density at radius 3 is 2.44 bits per heavy atom. The molecule has 34 heavy (non-hydrogen) atoms. The van der Waals surface area contributed by atoms with Gasteiger partial charge in [-0.2, -0.15) is 13.2 Å². The summed E-state index contributed by atoms with van der Waals surface area (Å²) in [6.45, 7) is -0.141. The molecule has 5 rings (SSSR count). The summed E-state index contributed by atoms with van der Waals surface area (Å²) >= 11 is 0. The number of carbonyl (C=O) groups is 1. The molecule has 176 valence electrons. The molecule has 3 aromatic rings. The summed E-state index contributed by atoms with van der Waals surface area (Å²) in [5.74, 6) is -1.11. The molecular weight excluding hydrogens is 452 g/mol. The number of pyridine rings is 2. The molecule has 1 amide bonds. The first kappa shape index (κ1) is 22.1. The molecule has 2 aliphatic heterocycles. The number of halogens is 4. The fraction of sp³-hybridized carbons (Fsp3) is 0.292. The van der Waals surface area contributed by atoms with E-state index in [-0.39, 0.29) is 23.6 Å². The second-order valence-electron chi connectivity index (χ2n) is 8.39. The average Bonchev–Trinajstić information content (AvgIpc) is 2.78. The van der Waals surface area contributed by atoms with E-state index in [2.05, 4.69) is 9.97 Å². The van der Waals surface area contributed by atoms with Crippen LogP contribution in [-0.2, 0) is 19.0 Å². The number of anilines is 3. The third-order valence-corrected chi connectivity index (χ3v) is 6.15. The van der Waals surface area contributed by atoms with Gasteiger partial charge < -0.3 is 9.88 Å². The Morgan fingerprint density at radius 2 is 1.65 bits per heavy atom.